The molecule has 0 radical (unpaired) electrons. The zero-order valence-corrected chi connectivity index (χ0v) is 13.9. The fraction of sp³-hybridized carbons (Fsp3) is 0.150. The number of benzene rings is 2. The minimum absolute atomic E-state index is 0.00618. The molecule has 0 aromatic heterocycles. The van der Waals surface area contributed by atoms with Crippen molar-refractivity contribution in [2.75, 3.05) is 6.61 Å². The molecule has 5 nitrogen and oxygen atoms in total. The monoisotopic (exact) mass is 332 g/mol. The van der Waals surface area contributed by atoms with Gasteiger partial charge in [-0.1, -0.05) is 24.3 Å². The number of nitrogens with zero attached hydrogens (tertiary/aromatic N) is 2. The molecule has 0 unspecified atom stereocenters. The fourth-order valence-electron chi connectivity index (χ4n) is 2.07. The van der Waals surface area contributed by atoms with Crippen LogP contribution in [0.15, 0.2) is 48.0 Å². The summed E-state index contributed by atoms with van der Waals surface area (Å²) in [5.74, 6) is 0.499. The third kappa shape index (κ3) is 4.95. The van der Waals surface area contributed by atoms with Crippen molar-refractivity contribution in [1.29, 1.82) is 10.5 Å². The molecule has 2 rings (SSSR count). The molecule has 0 amide bonds. The quantitative estimate of drug-likeness (QED) is 0.473. The lowest BCUT2D eigenvalue weighted by Gasteiger charge is -2.10. The SMILES string of the molecule is Cc1cccc(OCC(=O)Oc2ccc(C=C(C#N)C#N)cc2)c1C. The van der Waals surface area contributed by atoms with Gasteiger partial charge in [0.15, 0.2) is 6.61 Å². The number of aryl methyl sites for hydroxylation is 1. The van der Waals surface area contributed by atoms with Gasteiger partial charge in [-0.05, 0) is 54.8 Å². The van der Waals surface area contributed by atoms with E-state index in [2.05, 4.69) is 0 Å². The number of esters is 1. The van der Waals surface area contributed by atoms with Crippen LogP contribution in [0.5, 0.6) is 11.5 Å². The summed E-state index contributed by atoms with van der Waals surface area (Å²) >= 11 is 0. The lowest BCUT2D eigenvalue weighted by Crippen LogP contribution is -2.18. The predicted molar refractivity (Wildman–Crippen MR) is 92.7 cm³/mol. The first kappa shape index (κ1) is 17.8. The molecule has 0 N–H and O–H groups in total. The largest absolute Gasteiger partial charge is 0.482 e. The Kier molecular flexibility index (Phi) is 5.92. The van der Waals surface area contributed by atoms with E-state index in [0.717, 1.165) is 11.1 Å². The fourth-order valence-corrected chi connectivity index (χ4v) is 2.07. The minimum atomic E-state index is -0.515. The molecule has 0 aliphatic rings. The molecule has 2 aromatic rings. The second-order valence-electron chi connectivity index (χ2n) is 5.31. The van der Waals surface area contributed by atoms with Crippen molar-refractivity contribution in [3.63, 3.8) is 0 Å². The molecule has 2 aromatic carbocycles. The summed E-state index contributed by atoms with van der Waals surface area (Å²) < 4.78 is 10.7. The van der Waals surface area contributed by atoms with Gasteiger partial charge in [-0.25, -0.2) is 4.79 Å². The standard InChI is InChI=1S/C20H16N2O3/c1-14-4-3-5-19(15(14)2)24-13-20(23)25-18-8-6-16(7-9-18)10-17(11-21)12-22/h3-10H,13H2,1-2H3. The van der Waals surface area contributed by atoms with Crippen LogP contribution in [0.1, 0.15) is 16.7 Å². The van der Waals surface area contributed by atoms with Crippen LogP contribution >= 0.6 is 0 Å². The van der Waals surface area contributed by atoms with E-state index in [1.54, 1.807) is 42.5 Å². The molecule has 0 saturated carbocycles. The van der Waals surface area contributed by atoms with Crippen LogP contribution < -0.4 is 9.47 Å². The molecular weight excluding hydrogens is 316 g/mol. The van der Waals surface area contributed by atoms with Crippen molar-refractivity contribution in [1.82, 2.24) is 0 Å². The Morgan fingerprint density at radius 1 is 1.08 bits per heavy atom. The maximum Gasteiger partial charge on any atom is 0.349 e. The van der Waals surface area contributed by atoms with Crippen LogP contribution in [0.4, 0.5) is 0 Å². The van der Waals surface area contributed by atoms with Gasteiger partial charge in [0.05, 0.1) is 0 Å². The Hall–Kier alpha value is -3.57. The number of rotatable bonds is 5. The second kappa shape index (κ2) is 8.33. The topological polar surface area (TPSA) is 83.1 Å². The second-order valence-corrected chi connectivity index (χ2v) is 5.31. The zero-order valence-electron chi connectivity index (χ0n) is 13.9. The van der Waals surface area contributed by atoms with E-state index in [1.165, 1.54) is 6.08 Å². The molecule has 124 valence electrons. The molecule has 0 spiro atoms. The Balaban J connectivity index is 1.95. The Morgan fingerprint density at radius 2 is 1.76 bits per heavy atom. The highest BCUT2D eigenvalue weighted by atomic mass is 16.6. The predicted octanol–water partition coefficient (Wildman–Crippen LogP) is 3.72. The number of hydrogen-bond acceptors (Lipinski definition) is 5. The smallest absolute Gasteiger partial charge is 0.349 e. The zero-order chi connectivity index (χ0) is 18.2. The molecule has 0 heterocycles. The van der Waals surface area contributed by atoms with Crippen molar-refractivity contribution >= 4 is 12.0 Å². The molecule has 0 aliphatic carbocycles. The van der Waals surface area contributed by atoms with Crippen molar-refractivity contribution in [2.24, 2.45) is 0 Å². The summed E-state index contributed by atoms with van der Waals surface area (Å²) in [5.41, 5.74) is 2.75. The molecule has 0 aliphatic heterocycles. The summed E-state index contributed by atoms with van der Waals surface area (Å²) in [6.07, 6.45) is 1.45. The van der Waals surface area contributed by atoms with E-state index in [-0.39, 0.29) is 12.2 Å². The van der Waals surface area contributed by atoms with Gasteiger partial charge in [-0.3, -0.25) is 0 Å². The van der Waals surface area contributed by atoms with Gasteiger partial charge in [0.25, 0.3) is 0 Å². The third-order valence-electron chi connectivity index (χ3n) is 3.56. The van der Waals surface area contributed by atoms with E-state index in [4.69, 9.17) is 20.0 Å². The highest BCUT2D eigenvalue weighted by molar-refractivity contribution is 5.74. The minimum Gasteiger partial charge on any atom is -0.482 e. The number of ether oxygens (including phenoxy) is 2. The average molecular weight is 332 g/mol. The Bertz CT molecular complexity index is 869. The van der Waals surface area contributed by atoms with E-state index in [9.17, 15) is 4.79 Å². The summed E-state index contributed by atoms with van der Waals surface area (Å²) in [4.78, 5) is 11.9. The van der Waals surface area contributed by atoms with Crippen molar-refractivity contribution < 1.29 is 14.3 Å². The van der Waals surface area contributed by atoms with E-state index < -0.39 is 5.97 Å². The van der Waals surface area contributed by atoms with Crippen LogP contribution in [-0.2, 0) is 4.79 Å². The van der Waals surface area contributed by atoms with Gasteiger partial charge in [0.2, 0.25) is 0 Å². The first-order valence-corrected chi connectivity index (χ1v) is 7.55. The summed E-state index contributed by atoms with van der Waals surface area (Å²) in [6, 6.07) is 15.7. The molecule has 0 saturated heterocycles. The number of carbonyl (C=O) groups excluding carboxylic acids is 1. The Labute approximate surface area is 146 Å². The van der Waals surface area contributed by atoms with Gasteiger partial charge in [-0.15, -0.1) is 0 Å². The van der Waals surface area contributed by atoms with Gasteiger partial charge in [0, 0.05) is 0 Å². The normalized spacial score (nSPS) is 9.44. The van der Waals surface area contributed by atoms with E-state index >= 15 is 0 Å². The molecule has 25 heavy (non-hydrogen) atoms. The maximum absolute atomic E-state index is 11.9. The maximum atomic E-state index is 11.9. The lowest BCUT2D eigenvalue weighted by atomic mass is 10.1. The van der Waals surface area contributed by atoms with Crippen molar-refractivity contribution in [3.05, 3.63) is 64.7 Å². The number of hydrogen-bond donors (Lipinski definition) is 0. The summed E-state index contributed by atoms with van der Waals surface area (Å²) in [6.45, 7) is 3.71. The van der Waals surface area contributed by atoms with Crippen molar-refractivity contribution in [2.45, 2.75) is 13.8 Å². The first-order chi connectivity index (χ1) is 12.0. The molecule has 0 bridgehead atoms. The molecular formula is C20H16N2O3. The summed E-state index contributed by atoms with van der Waals surface area (Å²) in [7, 11) is 0. The number of carbonyl (C=O) groups is 1. The highest BCUT2D eigenvalue weighted by Gasteiger charge is 2.08. The van der Waals surface area contributed by atoms with Gasteiger partial charge in [0.1, 0.15) is 29.2 Å². The first-order valence-electron chi connectivity index (χ1n) is 7.55. The van der Waals surface area contributed by atoms with Crippen LogP contribution in [0.25, 0.3) is 6.08 Å². The molecule has 0 fully saturated rings. The van der Waals surface area contributed by atoms with E-state index in [1.807, 2.05) is 26.0 Å². The molecule has 0 atom stereocenters. The van der Waals surface area contributed by atoms with E-state index in [0.29, 0.717) is 17.1 Å². The number of allylic oxidation sites excluding steroid dienone is 1. The third-order valence-corrected chi connectivity index (χ3v) is 3.56. The number of nitriles is 2. The van der Waals surface area contributed by atoms with Crippen molar-refractivity contribution in [3.8, 4) is 23.6 Å². The van der Waals surface area contributed by atoms with Crippen LogP contribution in [0.2, 0.25) is 0 Å². The summed E-state index contributed by atoms with van der Waals surface area (Å²) in [5, 5.41) is 17.5. The van der Waals surface area contributed by atoms with Gasteiger partial charge >= 0.3 is 5.97 Å². The van der Waals surface area contributed by atoms with Gasteiger partial charge in [-0.2, -0.15) is 10.5 Å². The van der Waals surface area contributed by atoms with Crippen LogP contribution in [0.3, 0.4) is 0 Å². The van der Waals surface area contributed by atoms with Gasteiger partial charge < -0.3 is 9.47 Å². The lowest BCUT2D eigenvalue weighted by molar-refractivity contribution is -0.136. The molecule has 5 heteroatoms. The average Bonchev–Trinajstić information content (AvgIpc) is 2.62. The highest BCUT2D eigenvalue weighted by Crippen LogP contribution is 2.20. The Morgan fingerprint density at radius 3 is 2.40 bits per heavy atom. The van der Waals surface area contributed by atoms with Crippen LogP contribution in [-0.4, -0.2) is 12.6 Å². The van der Waals surface area contributed by atoms with Crippen LogP contribution in [0, 0.1) is 36.5 Å².